The van der Waals surface area contributed by atoms with Gasteiger partial charge in [0.15, 0.2) is 0 Å². The van der Waals surface area contributed by atoms with Gasteiger partial charge in [0.2, 0.25) is 0 Å². The average Bonchev–Trinajstić information content (AvgIpc) is 2.10. The molecule has 0 saturated heterocycles. The maximum Gasteiger partial charge on any atom is 0.311 e. The lowest BCUT2D eigenvalue weighted by Crippen LogP contribution is -2.17. The van der Waals surface area contributed by atoms with Gasteiger partial charge in [-0.15, -0.1) is 0 Å². The van der Waals surface area contributed by atoms with Gasteiger partial charge >= 0.3 is 5.97 Å². The predicted octanol–water partition coefficient (Wildman–Crippen LogP) is 2.87. The molecule has 0 fully saturated rings. The fraction of sp³-hybridized carbons (Fsp3) is 0.364. The monoisotopic (exact) mass is 228 g/mol. The van der Waals surface area contributed by atoms with Crippen molar-refractivity contribution in [1.82, 2.24) is 0 Å². The molecule has 1 aromatic rings. The van der Waals surface area contributed by atoms with Crippen LogP contribution in [0.2, 0.25) is 5.02 Å². The summed E-state index contributed by atoms with van der Waals surface area (Å²) in [7, 11) is 0. The van der Waals surface area contributed by atoms with Crippen LogP contribution in [0.15, 0.2) is 18.2 Å². The van der Waals surface area contributed by atoms with Crippen molar-refractivity contribution < 1.29 is 15.0 Å². The van der Waals surface area contributed by atoms with Gasteiger partial charge in [-0.2, -0.15) is 0 Å². The Morgan fingerprint density at radius 3 is 2.40 bits per heavy atom. The van der Waals surface area contributed by atoms with Gasteiger partial charge < -0.3 is 10.2 Å². The fourth-order valence-electron chi connectivity index (χ4n) is 1.53. The number of carboxylic acid groups (broad SMARTS) is 1. The highest BCUT2D eigenvalue weighted by Crippen LogP contribution is 2.31. The van der Waals surface area contributed by atoms with Crippen molar-refractivity contribution >= 4 is 17.6 Å². The molecule has 4 heteroatoms. The molecule has 1 atom stereocenters. The number of carbonyl (C=O) groups is 1. The second kappa shape index (κ2) is 4.53. The Balaban J connectivity index is 3.12. The van der Waals surface area contributed by atoms with E-state index in [4.69, 9.17) is 16.7 Å². The minimum atomic E-state index is -0.883. The van der Waals surface area contributed by atoms with Crippen LogP contribution in [0.1, 0.15) is 25.3 Å². The summed E-state index contributed by atoms with van der Waals surface area (Å²) >= 11 is 5.72. The van der Waals surface area contributed by atoms with E-state index in [-0.39, 0.29) is 16.7 Å². The maximum absolute atomic E-state index is 11.0. The zero-order valence-corrected chi connectivity index (χ0v) is 9.32. The minimum Gasteiger partial charge on any atom is -0.506 e. The van der Waals surface area contributed by atoms with Crippen molar-refractivity contribution in [2.75, 3.05) is 0 Å². The van der Waals surface area contributed by atoms with Gasteiger partial charge in [-0.25, -0.2) is 0 Å². The van der Waals surface area contributed by atoms with Crippen LogP contribution in [-0.2, 0) is 4.79 Å². The number of phenols is 1. The van der Waals surface area contributed by atoms with Gasteiger partial charge in [0.1, 0.15) is 5.75 Å². The molecule has 3 nitrogen and oxygen atoms in total. The Labute approximate surface area is 93.3 Å². The van der Waals surface area contributed by atoms with E-state index in [1.807, 2.05) is 13.8 Å². The number of rotatable bonds is 3. The maximum atomic E-state index is 11.0. The third-order valence-corrected chi connectivity index (χ3v) is 2.57. The molecule has 0 bridgehead atoms. The summed E-state index contributed by atoms with van der Waals surface area (Å²) in [5.41, 5.74) is 0.611. The second-order valence-electron chi connectivity index (χ2n) is 3.77. The molecule has 0 spiro atoms. The van der Waals surface area contributed by atoms with Crippen LogP contribution < -0.4 is 0 Å². The smallest absolute Gasteiger partial charge is 0.311 e. The highest BCUT2D eigenvalue weighted by atomic mass is 35.5. The van der Waals surface area contributed by atoms with E-state index in [0.717, 1.165) is 0 Å². The zero-order valence-electron chi connectivity index (χ0n) is 8.57. The first-order chi connectivity index (χ1) is 6.93. The van der Waals surface area contributed by atoms with E-state index in [9.17, 15) is 9.90 Å². The summed E-state index contributed by atoms with van der Waals surface area (Å²) in [5.74, 6) is -1.54. The molecule has 1 aromatic carbocycles. The van der Waals surface area contributed by atoms with Crippen molar-refractivity contribution in [3.8, 4) is 5.75 Å². The molecule has 0 radical (unpaired) electrons. The number of hydrogen-bond acceptors (Lipinski definition) is 2. The Morgan fingerprint density at radius 2 is 2.00 bits per heavy atom. The van der Waals surface area contributed by atoms with Crippen molar-refractivity contribution in [1.29, 1.82) is 0 Å². The first-order valence-electron chi connectivity index (χ1n) is 4.64. The molecule has 15 heavy (non-hydrogen) atoms. The number of benzene rings is 1. The summed E-state index contributed by atoms with van der Waals surface area (Å²) in [4.78, 5) is 11.0. The normalized spacial score (nSPS) is 12.8. The minimum absolute atomic E-state index is 0.0249. The molecule has 2 N–H and O–H groups in total. The van der Waals surface area contributed by atoms with Crippen molar-refractivity contribution in [2.45, 2.75) is 19.8 Å². The molecular formula is C11H13ClO3. The largest absolute Gasteiger partial charge is 0.506 e. The van der Waals surface area contributed by atoms with Crippen LogP contribution in [-0.4, -0.2) is 16.2 Å². The summed E-state index contributed by atoms with van der Waals surface area (Å²) in [6, 6.07) is 4.49. The Morgan fingerprint density at radius 1 is 1.40 bits per heavy atom. The molecule has 0 saturated carbocycles. The van der Waals surface area contributed by atoms with E-state index >= 15 is 0 Å². The molecule has 1 rings (SSSR count). The second-order valence-corrected chi connectivity index (χ2v) is 4.18. The fourth-order valence-corrected chi connectivity index (χ4v) is 1.72. The molecule has 0 aliphatic heterocycles. The predicted molar refractivity (Wildman–Crippen MR) is 58.3 cm³/mol. The number of carboxylic acids is 1. The number of phenolic OH excluding ortho intramolecular Hbond substituents is 1. The van der Waals surface area contributed by atoms with Gasteiger partial charge in [0.05, 0.1) is 10.9 Å². The number of aliphatic carboxylic acids is 1. The Kier molecular flexibility index (Phi) is 3.58. The lowest BCUT2D eigenvalue weighted by molar-refractivity contribution is -0.139. The topological polar surface area (TPSA) is 57.5 Å². The lowest BCUT2D eigenvalue weighted by atomic mass is 9.88. The van der Waals surface area contributed by atoms with Crippen LogP contribution in [0.3, 0.4) is 0 Å². The van der Waals surface area contributed by atoms with Crippen LogP contribution in [0, 0.1) is 5.92 Å². The van der Waals surface area contributed by atoms with E-state index in [1.165, 1.54) is 12.1 Å². The molecule has 0 aliphatic carbocycles. The van der Waals surface area contributed by atoms with E-state index in [2.05, 4.69) is 0 Å². The van der Waals surface area contributed by atoms with Crippen LogP contribution in [0.25, 0.3) is 0 Å². The van der Waals surface area contributed by atoms with E-state index in [1.54, 1.807) is 6.07 Å². The van der Waals surface area contributed by atoms with Gasteiger partial charge in [-0.1, -0.05) is 31.5 Å². The molecule has 0 aliphatic rings. The van der Waals surface area contributed by atoms with Gasteiger partial charge in [-0.05, 0) is 23.6 Å². The SMILES string of the molecule is CC(C)C(C(=O)O)c1ccc(O)c(Cl)c1. The third-order valence-electron chi connectivity index (χ3n) is 2.26. The number of halogens is 1. The quantitative estimate of drug-likeness (QED) is 0.837. The van der Waals surface area contributed by atoms with Crippen molar-refractivity contribution in [3.63, 3.8) is 0 Å². The highest BCUT2D eigenvalue weighted by molar-refractivity contribution is 6.32. The zero-order chi connectivity index (χ0) is 11.6. The van der Waals surface area contributed by atoms with E-state index in [0.29, 0.717) is 5.56 Å². The molecule has 1 unspecified atom stereocenters. The van der Waals surface area contributed by atoms with Gasteiger partial charge in [0, 0.05) is 0 Å². The molecule has 0 aromatic heterocycles. The Hall–Kier alpha value is -1.22. The van der Waals surface area contributed by atoms with Crippen molar-refractivity contribution in [3.05, 3.63) is 28.8 Å². The van der Waals surface area contributed by atoms with Gasteiger partial charge in [-0.3, -0.25) is 4.79 Å². The Bertz CT molecular complexity index is 374. The van der Waals surface area contributed by atoms with Crippen LogP contribution in [0.5, 0.6) is 5.75 Å². The summed E-state index contributed by atoms with van der Waals surface area (Å²) in [6.45, 7) is 3.67. The average molecular weight is 229 g/mol. The van der Waals surface area contributed by atoms with Crippen LogP contribution >= 0.6 is 11.6 Å². The van der Waals surface area contributed by atoms with Gasteiger partial charge in [0.25, 0.3) is 0 Å². The summed E-state index contributed by atoms with van der Waals surface area (Å²) in [5, 5.41) is 18.5. The third kappa shape index (κ3) is 2.63. The number of hydrogen-bond donors (Lipinski definition) is 2. The summed E-state index contributed by atoms with van der Waals surface area (Å²) < 4.78 is 0. The summed E-state index contributed by atoms with van der Waals surface area (Å²) in [6.07, 6.45) is 0. The van der Waals surface area contributed by atoms with E-state index < -0.39 is 11.9 Å². The first-order valence-corrected chi connectivity index (χ1v) is 5.02. The lowest BCUT2D eigenvalue weighted by Gasteiger charge is -2.16. The standard InChI is InChI=1S/C11H13ClO3/c1-6(2)10(11(14)15)7-3-4-9(13)8(12)5-7/h3-6,10,13H,1-2H3,(H,14,15). The first kappa shape index (κ1) is 11.9. The molecular weight excluding hydrogens is 216 g/mol. The molecule has 82 valence electrons. The molecule has 0 heterocycles. The van der Waals surface area contributed by atoms with Crippen molar-refractivity contribution in [2.24, 2.45) is 5.92 Å². The highest BCUT2D eigenvalue weighted by Gasteiger charge is 2.23. The molecule has 0 amide bonds. The number of aromatic hydroxyl groups is 1. The van der Waals surface area contributed by atoms with Crippen LogP contribution in [0.4, 0.5) is 0 Å².